The standard InChI is InChI=1S/C9H16F2O/c1-8(2,3)6-4-9(10,11)5-7(6)12/h6-7,12H,4-5H2,1-3H3/t6?,7-/m0/s1. The highest BCUT2D eigenvalue weighted by atomic mass is 19.3. The van der Waals surface area contributed by atoms with Crippen molar-refractivity contribution < 1.29 is 13.9 Å². The Morgan fingerprint density at radius 1 is 1.25 bits per heavy atom. The van der Waals surface area contributed by atoms with E-state index < -0.39 is 12.0 Å². The highest BCUT2D eigenvalue weighted by molar-refractivity contribution is 4.93. The molecule has 0 aromatic heterocycles. The maximum atomic E-state index is 12.8. The summed E-state index contributed by atoms with van der Waals surface area (Å²) in [5.74, 6) is -2.93. The second kappa shape index (κ2) is 2.66. The zero-order valence-corrected chi connectivity index (χ0v) is 7.77. The molecule has 1 nitrogen and oxygen atoms in total. The van der Waals surface area contributed by atoms with Gasteiger partial charge in [-0.15, -0.1) is 0 Å². The lowest BCUT2D eigenvalue weighted by Gasteiger charge is -2.29. The smallest absolute Gasteiger partial charge is 0.251 e. The first-order valence-corrected chi connectivity index (χ1v) is 4.28. The fraction of sp³-hybridized carbons (Fsp3) is 1.00. The fourth-order valence-electron chi connectivity index (χ4n) is 1.87. The SMILES string of the molecule is CC(C)(C)C1CC(F)(F)C[C@@H]1O. The number of hydrogen-bond acceptors (Lipinski definition) is 1. The molecule has 0 aliphatic heterocycles. The summed E-state index contributed by atoms with van der Waals surface area (Å²) in [6.07, 6.45) is -1.37. The van der Waals surface area contributed by atoms with Gasteiger partial charge in [0.05, 0.1) is 6.10 Å². The fourth-order valence-corrected chi connectivity index (χ4v) is 1.87. The van der Waals surface area contributed by atoms with Crippen LogP contribution in [0.15, 0.2) is 0 Å². The molecule has 0 radical (unpaired) electrons. The molecule has 0 bridgehead atoms. The molecule has 1 rings (SSSR count). The molecule has 1 unspecified atom stereocenters. The number of aliphatic hydroxyl groups is 1. The number of hydrogen-bond donors (Lipinski definition) is 1. The average Bonchev–Trinajstić information content (AvgIpc) is 2.03. The second-order valence-electron chi connectivity index (χ2n) is 4.80. The lowest BCUT2D eigenvalue weighted by Crippen LogP contribution is -2.27. The van der Waals surface area contributed by atoms with E-state index in [9.17, 15) is 13.9 Å². The van der Waals surface area contributed by atoms with Gasteiger partial charge in [-0.2, -0.15) is 0 Å². The molecule has 1 aliphatic rings. The van der Waals surface area contributed by atoms with Gasteiger partial charge in [-0.3, -0.25) is 0 Å². The number of halogens is 2. The third kappa shape index (κ3) is 1.94. The molecule has 72 valence electrons. The first kappa shape index (κ1) is 9.90. The van der Waals surface area contributed by atoms with E-state index in [-0.39, 0.29) is 24.2 Å². The summed E-state index contributed by atoms with van der Waals surface area (Å²) < 4.78 is 25.6. The summed E-state index contributed by atoms with van der Waals surface area (Å²) in [6, 6.07) is 0. The highest BCUT2D eigenvalue weighted by Gasteiger charge is 2.49. The zero-order chi connectivity index (χ0) is 9.57. The van der Waals surface area contributed by atoms with Gasteiger partial charge >= 0.3 is 0 Å². The van der Waals surface area contributed by atoms with Crippen molar-refractivity contribution in [2.75, 3.05) is 0 Å². The van der Waals surface area contributed by atoms with Crippen LogP contribution in [0.2, 0.25) is 0 Å². The van der Waals surface area contributed by atoms with Crippen LogP contribution < -0.4 is 0 Å². The predicted octanol–water partition coefficient (Wildman–Crippen LogP) is 2.44. The van der Waals surface area contributed by atoms with Gasteiger partial charge in [0, 0.05) is 12.8 Å². The van der Waals surface area contributed by atoms with Crippen molar-refractivity contribution in [1.82, 2.24) is 0 Å². The van der Waals surface area contributed by atoms with Crippen molar-refractivity contribution in [1.29, 1.82) is 0 Å². The van der Waals surface area contributed by atoms with Gasteiger partial charge in [0.2, 0.25) is 0 Å². The van der Waals surface area contributed by atoms with Gasteiger partial charge in [0.15, 0.2) is 0 Å². The van der Waals surface area contributed by atoms with E-state index in [0.717, 1.165) is 0 Å². The second-order valence-corrected chi connectivity index (χ2v) is 4.80. The monoisotopic (exact) mass is 178 g/mol. The molecule has 1 aliphatic carbocycles. The minimum absolute atomic E-state index is 0.169. The first-order chi connectivity index (χ1) is 5.22. The third-order valence-corrected chi connectivity index (χ3v) is 2.60. The van der Waals surface area contributed by atoms with E-state index in [1.54, 1.807) is 0 Å². The minimum atomic E-state index is -2.66. The van der Waals surface area contributed by atoms with Gasteiger partial charge in [-0.1, -0.05) is 20.8 Å². The van der Waals surface area contributed by atoms with Crippen molar-refractivity contribution in [2.24, 2.45) is 11.3 Å². The Hall–Kier alpha value is -0.180. The van der Waals surface area contributed by atoms with Crippen LogP contribution in [0.1, 0.15) is 33.6 Å². The number of rotatable bonds is 0. The van der Waals surface area contributed by atoms with E-state index in [0.29, 0.717) is 0 Å². The van der Waals surface area contributed by atoms with Crippen LogP contribution >= 0.6 is 0 Å². The molecule has 3 heteroatoms. The quantitative estimate of drug-likeness (QED) is 0.604. The van der Waals surface area contributed by atoms with Crippen molar-refractivity contribution >= 4 is 0 Å². The molecular weight excluding hydrogens is 162 g/mol. The molecule has 0 heterocycles. The Morgan fingerprint density at radius 3 is 1.92 bits per heavy atom. The predicted molar refractivity (Wildman–Crippen MR) is 43.1 cm³/mol. The summed E-state index contributed by atoms with van der Waals surface area (Å²) in [7, 11) is 0. The molecule has 0 amide bonds. The molecule has 1 fully saturated rings. The maximum Gasteiger partial charge on any atom is 0.251 e. The molecule has 1 N–H and O–H groups in total. The van der Waals surface area contributed by atoms with Crippen molar-refractivity contribution in [3.05, 3.63) is 0 Å². The summed E-state index contributed by atoms with van der Waals surface area (Å²) >= 11 is 0. The highest BCUT2D eigenvalue weighted by Crippen LogP contribution is 2.46. The van der Waals surface area contributed by atoms with E-state index in [2.05, 4.69) is 0 Å². The van der Waals surface area contributed by atoms with Crippen LogP contribution in [0.4, 0.5) is 8.78 Å². The molecule has 2 atom stereocenters. The summed E-state index contributed by atoms with van der Waals surface area (Å²) in [4.78, 5) is 0. The van der Waals surface area contributed by atoms with Gasteiger partial charge < -0.3 is 5.11 Å². The van der Waals surface area contributed by atoms with Crippen LogP contribution in [0, 0.1) is 11.3 Å². The molecule has 0 aromatic rings. The molecule has 0 saturated heterocycles. The van der Waals surface area contributed by atoms with Crippen molar-refractivity contribution in [2.45, 2.75) is 45.6 Å². The normalized spacial score (nSPS) is 35.5. The van der Waals surface area contributed by atoms with Gasteiger partial charge in [0.25, 0.3) is 5.92 Å². The zero-order valence-electron chi connectivity index (χ0n) is 7.77. The largest absolute Gasteiger partial charge is 0.393 e. The van der Waals surface area contributed by atoms with Crippen LogP contribution in [0.3, 0.4) is 0 Å². The Bertz CT molecular complexity index is 172. The molecule has 0 aromatic carbocycles. The Kier molecular flexibility index (Phi) is 2.19. The van der Waals surface area contributed by atoms with E-state index in [1.807, 2.05) is 20.8 Å². The van der Waals surface area contributed by atoms with E-state index in [1.165, 1.54) is 0 Å². The number of aliphatic hydroxyl groups excluding tert-OH is 1. The Morgan fingerprint density at radius 2 is 1.75 bits per heavy atom. The summed E-state index contributed by atoms with van der Waals surface area (Å²) in [5, 5.41) is 9.38. The molecule has 1 saturated carbocycles. The van der Waals surface area contributed by atoms with Crippen LogP contribution in [-0.2, 0) is 0 Å². The lowest BCUT2D eigenvalue weighted by atomic mass is 9.78. The van der Waals surface area contributed by atoms with Crippen LogP contribution in [0.5, 0.6) is 0 Å². The molecule has 12 heavy (non-hydrogen) atoms. The maximum absolute atomic E-state index is 12.8. The topological polar surface area (TPSA) is 20.2 Å². The van der Waals surface area contributed by atoms with E-state index >= 15 is 0 Å². The van der Waals surface area contributed by atoms with Gasteiger partial charge in [-0.25, -0.2) is 8.78 Å². The summed E-state index contributed by atoms with van der Waals surface area (Å²) in [6.45, 7) is 5.67. The molecule has 0 spiro atoms. The van der Waals surface area contributed by atoms with Gasteiger partial charge in [0.1, 0.15) is 0 Å². The summed E-state index contributed by atoms with van der Waals surface area (Å²) in [5.41, 5.74) is -0.223. The lowest BCUT2D eigenvalue weighted by molar-refractivity contribution is -0.00490. The van der Waals surface area contributed by atoms with Crippen molar-refractivity contribution in [3.8, 4) is 0 Å². The first-order valence-electron chi connectivity index (χ1n) is 4.28. The van der Waals surface area contributed by atoms with E-state index in [4.69, 9.17) is 0 Å². The van der Waals surface area contributed by atoms with Crippen LogP contribution in [0.25, 0.3) is 0 Å². The van der Waals surface area contributed by atoms with Crippen molar-refractivity contribution in [3.63, 3.8) is 0 Å². The average molecular weight is 178 g/mol. The number of alkyl halides is 2. The Labute approximate surface area is 71.8 Å². The van der Waals surface area contributed by atoms with Gasteiger partial charge in [-0.05, 0) is 11.3 Å². The minimum Gasteiger partial charge on any atom is -0.393 e. The third-order valence-electron chi connectivity index (χ3n) is 2.60. The molecular formula is C9H16F2O. The Balaban J connectivity index is 2.71. The van der Waals surface area contributed by atoms with Crippen LogP contribution in [-0.4, -0.2) is 17.1 Å².